The van der Waals surface area contributed by atoms with Gasteiger partial charge in [0.1, 0.15) is 0 Å². The van der Waals surface area contributed by atoms with E-state index >= 15 is 0 Å². The van der Waals surface area contributed by atoms with Crippen LogP contribution in [-0.2, 0) is 0 Å². The largest absolute Gasteiger partial charge is 1.00 e. The molecule has 1 heterocycles. The minimum Gasteiger partial charge on any atom is -0.874 e. The second-order valence-corrected chi connectivity index (χ2v) is 2.88. The van der Waals surface area contributed by atoms with Gasteiger partial charge in [-0.3, -0.25) is 0 Å². The molecule has 0 aliphatic carbocycles. The van der Waals surface area contributed by atoms with Gasteiger partial charge in [-0.25, -0.2) is 0 Å². The quantitative estimate of drug-likeness (QED) is 0.462. The third-order valence-corrected chi connectivity index (χ3v) is 2.21. The SMILES string of the molecule is C=C([O-])C1NCCS1.[Rb+]. The molecule has 0 saturated carbocycles. The summed E-state index contributed by atoms with van der Waals surface area (Å²) in [5, 5.41) is 13.4. The molecule has 2 nitrogen and oxygen atoms in total. The van der Waals surface area contributed by atoms with Crippen molar-refractivity contribution < 1.29 is 63.3 Å². The van der Waals surface area contributed by atoms with E-state index in [9.17, 15) is 5.11 Å². The van der Waals surface area contributed by atoms with Crippen molar-refractivity contribution in [1.82, 2.24) is 5.32 Å². The maximum absolute atomic E-state index is 10.5. The minimum absolute atomic E-state index is 0. The summed E-state index contributed by atoms with van der Waals surface area (Å²) in [6.07, 6.45) is 0. The van der Waals surface area contributed by atoms with Gasteiger partial charge < -0.3 is 10.4 Å². The number of rotatable bonds is 1. The number of hydrogen-bond acceptors (Lipinski definition) is 3. The van der Waals surface area contributed by atoms with E-state index in [0.29, 0.717) is 0 Å². The van der Waals surface area contributed by atoms with Crippen LogP contribution in [0.1, 0.15) is 0 Å². The van der Waals surface area contributed by atoms with Crippen molar-refractivity contribution in [1.29, 1.82) is 0 Å². The number of hydrogen-bond donors (Lipinski definition) is 1. The molecular weight excluding hydrogens is 208 g/mol. The van der Waals surface area contributed by atoms with E-state index in [1.54, 1.807) is 11.8 Å². The first-order valence-electron chi connectivity index (χ1n) is 2.51. The normalized spacial score (nSPS) is 25.1. The minimum atomic E-state index is -0.0185. The van der Waals surface area contributed by atoms with E-state index in [4.69, 9.17) is 0 Å². The molecule has 0 aromatic carbocycles. The average Bonchev–Trinajstić information content (AvgIpc) is 2.12. The van der Waals surface area contributed by atoms with Gasteiger partial charge in [0.25, 0.3) is 0 Å². The van der Waals surface area contributed by atoms with Crippen LogP contribution in [0.5, 0.6) is 0 Å². The molecule has 0 spiro atoms. The molecule has 4 heteroatoms. The van der Waals surface area contributed by atoms with Crippen LogP contribution >= 0.6 is 11.8 Å². The standard InChI is InChI=1S/C5H9NOS.Rb/c1-4(7)5-6-2-3-8-5;/h5-7H,1-3H2;/q;+1/p-1. The zero-order chi connectivity index (χ0) is 5.98. The Bertz CT molecular complexity index is 103. The van der Waals surface area contributed by atoms with Gasteiger partial charge in [-0.15, -0.1) is 24.1 Å². The Morgan fingerprint density at radius 2 is 2.44 bits per heavy atom. The van der Waals surface area contributed by atoms with Crippen LogP contribution in [0.4, 0.5) is 0 Å². The molecule has 0 aromatic rings. The van der Waals surface area contributed by atoms with Crippen molar-refractivity contribution in [3.63, 3.8) is 0 Å². The fraction of sp³-hybridized carbons (Fsp3) is 0.600. The Morgan fingerprint density at radius 1 is 1.78 bits per heavy atom. The van der Waals surface area contributed by atoms with Crippen LogP contribution in [0.25, 0.3) is 0 Å². The van der Waals surface area contributed by atoms with Crippen molar-refractivity contribution in [2.45, 2.75) is 5.37 Å². The van der Waals surface area contributed by atoms with Crippen molar-refractivity contribution in [3.8, 4) is 0 Å². The molecule has 1 rings (SSSR count). The molecule has 1 N–H and O–H groups in total. The van der Waals surface area contributed by atoms with E-state index in [2.05, 4.69) is 11.9 Å². The Labute approximate surface area is 108 Å². The molecule has 1 fully saturated rings. The van der Waals surface area contributed by atoms with Gasteiger partial charge in [0.15, 0.2) is 0 Å². The molecule has 0 radical (unpaired) electrons. The van der Waals surface area contributed by atoms with Crippen molar-refractivity contribution in [3.05, 3.63) is 12.3 Å². The van der Waals surface area contributed by atoms with Gasteiger partial charge in [0, 0.05) is 12.3 Å². The smallest absolute Gasteiger partial charge is 0.874 e. The molecule has 0 aromatic heterocycles. The molecule has 1 saturated heterocycles. The summed E-state index contributed by atoms with van der Waals surface area (Å²) >= 11 is 1.63. The van der Waals surface area contributed by atoms with Crippen LogP contribution in [0.15, 0.2) is 12.3 Å². The van der Waals surface area contributed by atoms with Gasteiger partial charge >= 0.3 is 58.2 Å². The molecular formula is C5H8NORbS. The predicted octanol–water partition coefficient (Wildman–Crippen LogP) is -3.47. The third kappa shape index (κ3) is 3.53. The fourth-order valence-corrected chi connectivity index (χ4v) is 1.53. The van der Waals surface area contributed by atoms with Crippen LogP contribution in [0, 0.1) is 0 Å². The van der Waals surface area contributed by atoms with E-state index in [1.165, 1.54) is 0 Å². The van der Waals surface area contributed by atoms with Crippen LogP contribution in [0.3, 0.4) is 0 Å². The van der Waals surface area contributed by atoms with E-state index in [1.807, 2.05) is 0 Å². The first kappa shape index (κ1) is 10.7. The first-order chi connectivity index (χ1) is 3.80. The summed E-state index contributed by atoms with van der Waals surface area (Å²) in [5.41, 5.74) is 0. The van der Waals surface area contributed by atoms with Crippen molar-refractivity contribution >= 4 is 11.8 Å². The Hall–Kier alpha value is 1.66. The van der Waals surface area contributed by atoms with Gasteiger partial charge in [-0.05, 0) is 0 Å². The van der Waals surface area contributed by atoms with Crippen LogP contribution < -0.4 is 68.6 Å². The van der Waals surface area contributed by atoms with Crippen LogP contribution in [0.2, 0.25) is 0 Å². The van der Waals surface area contributed by atoms with Crippen LogP contribution in [-0.4, -0.2) is 17.7 Å². The second-order valence-electron chi connectivity index (χ2n) is 1.67. The Morgan fingerprint density at radius 3 is 2.67 bits per heavy atom. The van der Waals surface area contributed by atoms with Gasteiger partial charge in [0.05, 0.1) is 5.37 Å². The fourth-order valence-electron chi connectivity index (χ4n) is 0.633. The average molecular weight is 216 g/mol. The summed E-state index contributed by atoms with van der Waals surface area (Å²) < 4.78 is 0. The number of nitrogens with one attached hydrogen (secondary N) is 1. The van der Waals surface area contributed by atoms with Gasteiger partial charge in [0.2, 0.25) is 0 Å². The monoisotopic (exact) mass is 215 g/mol. The maximum atomic E-state index is 10.5. The van der Waals surface area contributed by atoms with Gasteiger partial charge in [-0.1, -0.05) is 0 Å². The molecule has 46 valence electrons. The summed E-state index contributed by atoms with van der Waals surface area (Å²) in [4.78, 5) is 0. The van der Waals surface area contributed by atoms with E-state index in [-0.39, 0.29) is 69.3 Å². The van der Waals surface area contributed by atoms with Crippen molar-refractivity contribution in [2.24, 2.45) is 0 Å². The predicted molar refractivity (Wildman–Crippen MR) is 33.4 cm³/mol. The number of thioether (sulfide) groups is 1. The summed E-state index contributed by atoms with van der Waals surface area (Å²) in [6.45, 7) is 4.24. The summed E-state index contributed by atoms with van der Waals surface area (Å²) in [6, 6.07) is 0. The zero-order valence-corrected chi connectivity index (χ0v) is 11.2. The summed E-state index contributed by atoms with van der Waals surface area (Å²) in [7, 11) is 0. The maximum Gasteiger partial charge on any atom is 1.00 e. The van der Waals surface area contributed by atoms with E-state index < -0.39 is 0 Å². The molecule has 0 amide bonds. The second kappa shape index (κ2) is 5.32. The zero-order valence-electron chi connectivity index (χ0n) is 5.52. The van der Waals surface area contributed by atoms with Gasteiger partial charge in [-0.2, -0.15) is 0 Å². The Kier molecular flexibility index (Phi) is 6.30. The molecule has 1 atom stereocenters. The molecule has 1 aliphatic rings. The topological polar surface area (TPSA) is 35.1 Å². The molecule has 1 unspecified atom stereocenters. The Balaban J connectivity index is 0.000000640. The van der Waals surface area contributed by atoms with Crippen molar-refractivity contribution in [2.75, 3.05) is 12.3 Å². The third-order valence-electron chi connectivity index (χ3n) is 1.01. The molecule has 0 bridgehead atoms. The molecule has 1 aliphatic heterocycles. The first-order valence-corrected chi connectivity index (χ1v) is 3.56. The van der Waals surface area contributed by atoms with E-state index in [0.717, 1.165) is 12.3 Å². The summed E-state index contributed by atoms with van der Waals surface area (Å²) in [5.74, 6) is 1.03. The molecule has 9 heavy (non-hydrogen) atoms.